The number of hydrogen-bond donors (Lipinski definition) is 1. The second-order valence-electron chi connectivity index (χ2n) is 7.39. The van der Waals surface area contributed by atoms with Gasteiger partial charge < -0.3 is 0 Å². The Morgan fingerprint density at radius 3 is 3.00 bits per heavy atom. The molecule has 5 heteroatoms. The summed E-state index contributed by atoms with van der Waals surface area (Å²) in [7, 11) is 0. The molecule has 1 aliphatic carbocycles. The summed E-state index contributed by atoms with van der Waals surface area (Å²) in [5.41, 5.74) is 6.46. The molecule has 2 aliphatic rings. The van der Waals surface area contributed by atoms with Gasteiger partial charge in [0, 0.05) is 25.2 Å². The van der Waals surface area contributed by atoms with Crippen molar-refractivity contribution in [3.05, 3.63) is 93.7 Å². The minimum atomic E-state index is 0.0727. The second kappa shape index (κ2) is 7.98. The van der Waals surface area contributed by atoms with Gasteiger partial charge in [-0.15, -0.1) is 0 Å². The lowest BCUT2D eigenvalue weighted by Gasteiger charge is -2.25. The third-order valence-electron chi connectivity index (χ3n) is 5.44. The van der Waals surface area contributed by atoms with Gasteiger partial charge in [-0.05, 0) is 42.5 Å². The maximum atomic E-state index is 12.7. The lowest BCUT2D eigenvalue weighted by molar-refractivity contribution is 0.239. The summed E-state index contributed by atoms with van der Waals surface area (Å²) in [5.74, 6) is 0. The maximum Gasteiger partial charge on any atom is 0.270 e. The molecule has 0 atom stereocenters. The van der Waals surface area contributed by atoms with Gasteiger partial charge in [0.15, 0.2) is 0 Å². The molecular weight excluding hydrogens is 348 g/mol. The van der Waals surface area contributed by atoms with Crippen LogP contribution < -0.4 is 5.56 Å². The number of aromatic amines is 1. The van der Waals surface area contributed by atoms with E-state index in [0.29, 0.717) is 6.54 Å². The van der Waals surface area contributed by atoms with Crippen LogP contribution in [-0.2, 0) is 32.5 Å². The average Bonchev–Trinajstić information content (AvgIpc) is 3.02. The Hall–Kier alpha value is -2.92. The first-order valence-corrected chi connectivity index (χ1v) is 9.80. The molecule has 3 heterocycles. The monoisotopic (exact) mass is 374 g/mol. The molecule has 0 radical (unpaired) electrons. The SMILES string of the molecule is C=C/C=C(\C=C)Cn1[nH]c2c(c1=O)CCN(Cc1ccc3c(n1)C=CCC3)C2. The van der Waals surface area contributed by atoms with E-state index in [-0.39, 0.29) is 5.56 Å². The van der Waals surface area contributed by atoms with Crippen molar-refractivity contribution in [1.82, 2.24) is 19.7 Å². The van der Waals surface area contributed by atoms with Crippen molar-refractivity contribution in [2.45, 2.75) is 38.9 Å². The molecule has 0 saturated heterocycles. The molecule has 2 aromatic heterocycles. The molecule has 4 rings (SSSR count). The normalized spacial score (nSPS) is 16.5. The van der Waals surface area contributed by atoms with Crippen LogP contribution in [0.4, 0.5) is 0 Å². The number of aromatic nitrogens is 3. The second-order valence-corrected chi connectivity index (χ2v) is 7.39. The van der Waals surface area contributed by atoms with E-state index in [0.717, 1.165) is 67.1 Å². The third-order valence-corrected chi connectivity index (χ3v) is 5.44. The van der Waals surface area contributed by atoms with Gasteiger partial charge in [0.05, 0.1) is 23.6 Å². The van der Waals surface area contributed by atoms with Crippen molar-refractivity contribution >= 4 is 6.08 Å². The number of pyridine rings is 1. The highest BCUT2D eigenvalue weighted by molar-refractivity contribution is 5.52. The smallest absolute Gasteiger partial charge is 0.270 e. The number of rotatable bonds is 6. The van der Waals surface area contributed by atoms with Crippen molar-refractivity contribution in [2.75, 3.05) is 6.54 Å². The van der Waals surface area contributed by atoms with Crippen LogP contribution in [0.5, 0.6) is 0 Å². The van der Waals surface area contributed by atoms with Gasteiger partial charge in [-0.2, -0.15) is 0 Å². The number of hydrogen-bond acceptors (Lipinski definition) is 3. The molecule has 144 valence electrons. The maximum absolute atomic E-state index is 12.7. The molecule has 1 aliphatic heterocycles. The average molecular weight is 374 g/mol. The van der Waals surface area contributed by atoms with Gasteiger partial charge in [0.1, 0.15) is 0 Å². The van der Waals surface area contributed by atoms with E-state index >= 15 is 0 Å². The van der Waals surface area contributed by atoms with E-state index in [9.17, 15) is 4.79 Å². The minimum absolute atomic E-state index is 0.0727. The zero-order chi connectivity index (χ0) is 19.5. The molecule has 0 bridgehead atoms. The van der Waals surface area contributed by atoms with Crippen molar-refractivity contribution < 1.29 is 0 Å². The van der Waals surface area contributed by atoms with E-state index in [1.54, 1.807) is 16.8 Å². The van der Waals surface area contributed by atoms with Crippen molar-refractivity contribution in [2.24, 2.45) is 0 Å². The van der Waals surface area contributed by atoms with Gasteiger partial charge in [-0.1, -0.05) is 43.5 Å². The fraction of sp³-hybridized carbons (Fsp3) is 0.304. The van der Waals surface area contributed by atoms with Crippen LogP contribution in [0.15, 0.2) is 60.0 Å². The van der Waals surface area contributed by atoms with E-state index in [2.05, 4.69) is 47.4 Å². The molecule has 28 heavy (non-hydrogen) atoms. The molecule has 0 spiro atoms. The van der Waals surface area contributed by atoms with Gasteiger partial charge in [-0.3, -0.25) is 19.8 Å². The van der Waals surface area contributed by atoms with Crippen LogP contribution in [0.25, 0.3) is 6.08 Å². The van der Waals surface area contributed by atoms with Crippen LogP contribution >= 0.6 is 0 Å². The summed E-state index contributed by atoms with van der Waals surface area (Å²) in [6, 6.07) is 4.34. The number of nitrogens with zero attached hydrogens (tertiary/aromatic N) is 3. The van der Waals surface area contributed by atoms with Crippen LogP contribution in [0.3, 0.4) is 0 Å². The highest BCUT2D eigenvalue weighted by atomic mass is 16.1. The van der Waals surface area contributed by atoms with Crippen LogP contribution in [0.2, 0.25) is 0 Å². The Kier molecular flexibility index (Phi) is 5.26. The molecule has 1 N–H and O–H groups in total. The molecule has 2 aromatic rings. The first-order valence-electron chi connectivity index (χ1n) is 9.80. The molecule has 0 aromatic carbocycles. The predicted molar refractivity (Wildman–Crippen MR) is 113 cm³/mol. The van der Waals surface area contributed by atoms with Crippen molar-refractivity contribution in [3.63, 3.8) is 0 Å². The first kappa shape index (κ1) is 18.4. The first-order chi connectivity index (χ1) is 13.7. The number of allylic oxidation sites excluding steroid dienone is 5. The molecule has 5 nitrogen and oxygen atoms in total. The van der Waals surface area contributed by atoms with Crippen LogP contribution in [-0.4, -0.2) is 26.2 Å². The number of fused-ring (bicyclic) bond motifs is 2. The van der Waals surface area contributed by atoms with Crippen molar-refractivity contribution in [1.29, 1.82) is 0 Å². The molecule has 0 amide bonds. The summed E-state index contributed by atoms with van der Waals surface area (Å²) >= 11 is 0. The fourth-order valence-corrected chi connectivity index (χ4v) is 3.95. The number of aryl methyl sites for hydroxylation is 1. The number of H-pyrrole nitrogens is 1. The molecule has 0 unspecified atom stereocenters. The van der Waals surface area contributed by atoms with E-state index in [1.165, 1.54) is 5.56 Å². The van der Waals surface area contributed by atoms with Gasteiger partial charge in [0.2, 0.25) is 0 Å². The minimum Gasteiger partial charge on any atom is -0.298 e. The highest BCUT2D eigenvalue weighted by Crippen LogP contribution is 2.20. The Bertz CT molecular complexity index is 1020. The highest BCUT2D eigenvalue weighted by Gasteiger charge is 2.23. The lowest BCUT2D eigenvalue weighted by Crippen LogP contribution is -2.32. The standard InChI is InChI=1S/C23H26N4O/c1-3-7-17(4-2)14-27-23(28)20-12-13-26(16-22(20)25-27)15-19-11-10-18-8-5-6-9-21(18)24-19/h3-4,6-7,9-11,25H,1-2,5,8,12-16H2/b17-7+. The topological polar surface area (TPSA) is 53.9 Å². The van der Waals surface area contributed by atoms with Crippen LogP contribution in [0.1, 0.15) is 34.6 Å². The Labute approximate surface area is 165 Å². The summed E-state index contributed by atoms with van der Waals surface area (Å²) in [6.45, 7) is 10.4. The largest absolute Gasteiger partial charge is 0.298 e. The summed E-state index contributed by atoms with van der Waals surface area (Å²) in [6.07, 6.45) is 12.6. The van der Waals surface area contributed by atoms with Gasteiger partial charge in [-0.25, -0.2) is 4.68 Å². The van der Waals surface area contributed by atoms with Crippen LogP contribution in [0, 0.1) is 0 Å². The summed E-state index contributed by atoms with van der Waals surface area (Å²) < 4.78 is 1.67. The quantitative estimate of drug-likeness (QED) is 0.789. The Balaban J connectivity index is 1.49. The van der Waals surface area contributed by atoms with E-state index in [4.69, 9.17) is 4.98 Å². The molecule has 0 fully saturated rings. The van der Waals surface area contributed by atoms with Gasteiger partial charge >= 0.3 is 0 Å². The fourth-order valence-electron chi connectivity index (χ4n) is 3.95. The zero-order valence-corrected chi connectivity index (χ0v) is 16.2. The zero-order valence-electron chi connectivity index (χ0n) is 16.2. The van der Waals surface area contributed by atoms with Crippen molar-refractivity contribution in [3.8, 4) is 0 Å². The molecular formula is C23H26N4O. The number of nitrogens with one attached hydrogen (secondary N) is 1. The van der Waals surface area contributed by atoms with E-state index < -0.39 is 0 Å². The predicted octanol–water partition coefficient (Wildman–Crippen LogP) is 3.39. The van der Waals surface area contributed by atoms with Gasteiger partial charge in [0.25, 0.3) is 5.56 Å². The Morgan fingerprint density at radius 1 is 1.29 bits per heavy atom. The summed E-state index contributed by atoms with van der Waals surface area (Å²) in [4.78, 5) is 19.9. The van der Waals surface area contributed by atoms with E-state index in [1.807, 2.05) is 6.08 Å². The Morgan fingerprint density at radius 2 is 2.18 bits per heavy atom. The molecule has 0 saturated carbocycles. The summed E-state index contributed by atoms with van der Waals surface area (Å²) in [5, 5.41) is 3.30. The lowest BCUT2D eigenvalue weighted by atomic mass is 10.0. The third kappa shape index (κ3) is 3.71.